The molecule has 0 aliphatic rings. The number of nitrogens with two attached hydrogens (primary N) is 1. The van der Waals surface area contributed by atoms with Gasteiger partial charge in [-0.1, -0.05) is 16.8 Å². The first kappa shape index (κ1) is 30.6. The summed E-state index contributed by atoms with van der Waals surface area (Å²) in [6.07, 6.45) is 0.116. The first-order chi connectivity index (χ1) is 20.8. The van der Waals surface area contributed by atoms with Crippen LogP contribution < -0.4 is 15.1 Å². The van der Waals surface area contributed by atoms with Crippen molar-refractivity contribution in [1.82, 2.24) is 30.1 Å². The van der Waals surface area contributed by atoms with Gasteiger partial charge in [0.15, 0.2) is 23.9 Å². The summed E-state index contributed by atoms with van der Waals surface area (Å²) in [5.41, 5.74) is 3.38. The zero-order chi connectivity index (χ0) is 31.8. The van der Waals surface area contributed by atoms with Crippen LogP contribution in [0.25, 0.3) is 28.1 Å². The first-order valence-corrected chi connectivity index (χ1v) is 12.7. The van der Waals surface area contributed by atoms with E-state index in [1.807, 2.05) is 0 Å². The third-order valence-corrected chi connectivity index (χ3v) is 6.60. The highest BCUT2D eigenvalue weighted by atomic mass is 35.5. The smallest absolute Gasteiger partial charge is 0.464 e. The fraction of sp³-hybridized carbons (Fsp3) is 0.200. The highest BCUT2D eigenvalue weighted by Crippen LogP contribution is 2.33. The summed E-state index contributed by atoms with van der Waals surface area (Å²) in [6, 6.07) is 3.78. The van der Waals surface area contributed by atoms with Crippen molar-refractivity contribution >= 4 is 17.4 Å². The van der Waals surface area contributed by atoms with Crippen molar-refractivity contribution in [3.63, 3.8) is 0 Å². The molecule has 0 amide bonds. The number of pyridine rings is 1. The lowest BCUT2D eigenvalue weighted by atomic mass is 10.0. The van der Waals surface area contributed by atoms with E-state index in [1.54, 1.807) is 0 Å². The Morgan fingerprint density at radius 2 is 1.86 bits per heavy atom. The molecule has 0 aliphatic heterocycles. The van der Waals surface area contributed by atoms with Crippen LogP contribution in [0.15, 0.2) is 55.2 Å². The zero-order valence-electron chi connectivity index (χ0n) is 21.8. The van der Waals surface area contributed by atoms with E-state index in [1.165, 1.54) is 35.3 Å². The lowest BCUT2D eigenvalue weighted by molar-refractivity contribution is -0.659. The molecule has 11 nitrogen and oxygen atoms in total. The van der Waals surface area contributed by atoms with Crippen LogP contribution in [0.3, 0.4) is 0 Å². The van der Waals surface area contributed by atoms with E-state index >= 15 is 4.39 Å². The van der Waals surface area contributed by atoms with Gasteiger partial charge >= 0.3 is 18.5 Å². The largest absolute Gasteiger partial charge is 0.618 e. The molecule has 0 fully saturated rings. The van der Waals surface area contributed by atoms with E-state index in [9.17, 15) is 31.5 Å². The van der Waals surface area contributed by atoms with Crippen molar-refractivity contribution in [2.45, 2.75) is 25.3 Å². The number of H-pyrrole nitrogens is 1. The molecule has 1 aromatic carbocycles. The van der Waals surface area contributed by atoms with Crippen LogP contribution in [0, 0.1) is 17.0 Å². The summed E-state index contributed by atoms with van der Waals surface area (Å²) in [4.78, 5) is 7.37. The second-order valence-electron chi connectivity index (χ2n) is 9.10. The van der Waals surface area contributed by atoms with E-state index < -0.39 is 42.9 Å². The molecule has 5 aromatic rings. The van der Waals surface area contributed by atoms with Gasteiger partial charge in [0.2, 0.25) is 11.6 Å². The highest BCUT2D eigenvalue weighted by molar-refractivity contribution is 6.31. The molecule has 1 atom stereocenters. The molecule has 0 spiro atoms. The summed E-state index contributed by atoms with van der Waals surface area (Å²) in [7, 11) is 0. The van der Waals surface area contributed by atoms with E-state index in [4.69, 9.17) is 17.3 Å². The molecule has 4 heterocycles. The first-order valence-electron chi connectivity index (χ1n) is 12.3. The summed E-state index contributed by atoms with van der Waals surface area (Å²) < 4.78 is 101. The number of nitrogens with one attached hydrogen (secondary N) is 1. The Hall–Kier alpha value is -4.84. The van der Waals surface area contributed by atoms with Crippen LogP contribution in [0.5, 0.6) is 0 Å². The topological polar surface area (TPSA) is 138 Å². The molecule has 0 unspecified atom stereocenters. The van der Waals surface area contributed by atoms with Crippen LogP contribution in [0.1, 0.15) is 23.9 Å². The number of ether oxygens (including phenoxy) is 1. The van der Waals surface area contributed by atoms with E-state index in [-0.39, 0.29) is 51.0 Å². The second kappa shape index (κ2) is 12.0. The van der Waals surface area contributed by atoms with Crippen molar-refractivity contribution in [3.05, 3.63) is 88.6 Å². The number of rotatable bonds is 9. The Kier molecular flexibility index (Phi) is 8.38. The van der Waals surface area contributed by atoms with E-state index in [0.717, 1.165) is 23.1 Å². The molecule has 0 saturated carbocycles. The minimum atomic E-state index is -4.80. The molecule has 230 valence electrons. The van der Waals surface area contributed by atoms with Crippen molar-refractivity contribution in [3.8, 4) is 28.1 Å². The van der Waals surface area contributed by atoms with E-state index in [2.05, 4.69) is 30.1 Å². The normalized spacial score (nSPS) is 12.7. The van der Waals surface area contributed by atoms with Crippen molar-refractivity contribution in [2.24, 2.45) is 0 Å². The van der Waals surface area contributed by atoms with Gasteiger partial charge in [0.25, 0.3) is 0 Å². The van der Waals surface area contributed by atoms with Crippen LogP contribution in [0.2, 0.25) is 5.02 Å². The standard InChI is InChI=1S/C25H17ClF7N9O2/c26-14-2-4-17(41-11-18(38-39-41)25(31,32)33)20(21(14)27)12-1-3-16(42(43)10-12)15(5-6-44-24(29)30)40-9-13(7-36-40)22-23(28)37-19(34)8-35-22/h1-4,7-11,15,24H,5-6H2,(H2,34,37)/p+1/t15-/m0/s1. The minimum Gasteiger partial charge on any atom is -0.618 e. The van der Waals surface area contributed by atoms with Crippen LogP contribution in [-0.4, -0.2) is 43.3 Å². The molecule has 0 radical (unpaired) electrons. The number of halogens is 8. The number of anilines is 1. The van der Waals surface area contributed by atoms with Gasteiger partial charge in [-0.25, -0.2) is 9.37 Å². The predicted octanol–water partition coefficient (Wildman–Crippen LogP) is 4.39. The van der Waals surface area contributed by atoms with E-state index in [0.29, 0.717) is 10.9 Å². The van der Waals surface area contributed by atoms with Gasteiger partial charge in [-0.05, 0) is 18.2 Å². The molecular weight excluding hydrogens is 627 g/mol. The number of hydrogen-bond acceptors (Lipinski definition) is 7. The number of nitrogen functional groups attached to an aromatic ring is 1. The maximum Gasteiger partial charge on any atom is 0.464 e. The SMILES string of the molecule is Nc1cnc(-c2cnn([C@@H](CCOC(F)F)c3ccc(-c4c(-[n+]5cc(C(F)(F)F)n[nH]5)ccc(Cl)c4F)c[n+]3[O-])c2)c(F)n1. The molecule has 3 N–H and O–H groups in total. The zero-order valence-corrected chi connectivity index (χ0v) is 22.6. The Morgan fingerprint density at radius 3 is 2.52 bits per heavy atom. The van der Waals surface area contributed by atoms with Crippen LogP contribution >= 0.6 is 11.6 Å². The number of aromatic amines is 1. The number of hydrogen-bond donors (Lipinski definition) is 2. The molecule has 44 heavy (non-hydrogen) atoms. The summed E-state index contributed by atoms with van der Waals surface area (Å²) >= 11 is 5.95. The lowest BCUT2D eigenvalue weighted by Gasteiger charge is -2.18. The van der Waals surface area contributed by atoms with Gasteiger partial charge < -0.3 is 15.7 Å². The molecule has 5 rings (SSSR count). The van der Waals surface area contributed by atoms with Gasteiger partial charge in [-0.3, -0.25) is 4.68 Å². The molecule has 0 bridgehead atoms. The van der Waals surface area contributed by atoms with Crippen molar-refractivity contribution in [2.75, 3.05) is 12.3 Å². The average Bonchev–Trinajstić information content (AvgIpc) is 3.64. The molecule has 4 aromatic heterocycles. The van der Waals surface area contributed by atoms with Gasteiger partial charge in [-0.2, -0.15) is 41.2 Å². The fourth-order valence-electron chi connectivity index (χ4n) is 4.35. The Morgan fingerprint density at radius 1 is 1.09 bits per heavy atom. The minimum absolute atomic E-state index is 0.0809. The maximum atomic E-state index is 15.3. The number of aromatic nitrogens is 8. The molecule has 19 heteroatoms. The van der Waals surface area contributed by atoms with Crippen LogP contribution in [-0.2, 0) is 10.9 Å². The fourth-order valence-corrected chi connectivity index (χ4v) is 4.51. The van der Waals surface area contributed by atoms with Crippen LogP contribution in [0.4, 0.5) is 36.6 Å². The van der Waals surface area contributed by atoms with Gasteiger partial charge in [0.1, 0.15) is 17.6 Å². The predicted molar refractivity (Wildman–Crippen MR) is 137 cm³/mol. The Bertz CT molecular complexity index is 1810. The number of nitrogens with zero attached hydrogens (tertiary/aromatic N) is 7. The summed E-state index contributed by atoms with van der Waals surface area (Å²) in [6.45, 7) is -3.63. The average molecular weight is 645 g/mol. The van der Waals surface area contributed by atoms with Gasteiger partial charge in [-0.15, -0.1) is 4.68 Å². The van der Waals surface area contributed by atoms with Crippen molar-refractivity contribution in [1.29, 1.82) is 0 Å². The molecule has 0 aliphatic carbocycles. The monoisotopic (exact) mass is 644 g/mol. The van der Waals surface area contributed by atoms with Gasteiger partial charge in [0.05, 0.1) is 40.2 Å². The maximum absolute atomic E-state index is 15.3. The molecule has 0 saturated heterocycles. The second-order valence-corrected chi connectivity index (χ2v) is 9.50. The lowest BCUT2D eigenvalue weighted by Crippen LogP contribution is -2.36. The number of alkyl halides is 5. The van der Waals surface area contributed by atoms with Gasteiger partial charge in [0, 0.05) is 24.2 Å². The Labute approximate surface area is 246 Å². The third-order valence-electron chi connectivity index (χ3n) is 6.30. The summed E-state index contributed by atoms with van der Waals surface area (Å²) in [5.74, 6) is -2.21. The Balaban J connectivity index is 1.55. The highest BCUT2D eigenvalue weighted by Gasteiger charge is 2.41. The third kappa shape index (κ3) is 6.25. The number of benzene rings is 1. The quantitative estimate of drug-likeness (QED) is 0.138. The van der Waals surface area contributed by atoms with Crippen molar-refractivity contribution < 1.29 is 44.9 Å². The molecular formula is C25H18ClF7N9O2+. The summed E-state index contributed by atoms with van der Waals surface area (Å²) in [5, 5.41) is 22.4.